The zero-order chi connectivity index (χ0) is 24.8. The fraction of sp³-hybridized carbons (Fsp3) is 0.633. The number of aromatic nitrogens is 1. The lowest BCUT2D eigenvalue weighted by Gasteiger charge is -2.27. The van der Waals surface area contributed by atoms with Crippen LogP contribution in [0.4, 0.5) is 0 Å². The molecule has 0 spiro atoms. The molecule has 1 amide bonds. The first-order chi connectivity index (χ1) is 15.9. The molecule has 4 nitrogen and oxygen atoms in total. The first-order valence-electron chi connectivity index (χ1n) is 13.2. The summed E-state index contributed by atoms with van der Waals surface area (Å²) in [5.41, 5.74) is 6.96. The fourth-order valence-electron chi connectivity index (χ4n) is 5.35. The summed E-state index contributed by atoms with van der Waals surface area (Å²) in [7, 11) is 0. The normalized spacial score (nSPS) is 19.5. The van der Waals surface area contributed by atoms with Crippen molar-refractivity contribution >= 4 is 5.91 Å². The van der Waals surface area contributed by atoms with Gasteiger partial charge in [-0.3, -0.25) is 4.79 Å². The monoisotopic (exact) mass is 464 g/mol. The fourth-order valence-corrected chi connectivity index (χ4v) is 5.35. The Morgan fingerprint density at radius 2 is 1.53 bits per heavy atom. The van der Waals surface area contributed by atoms with E-state index in [0.717, 1.165) is 23.5 Å². The average molecular weight is 465 g/mol. The van der Waals surface area contributed by atoms with E-state index in [9.17, 15) is 9.90 Å². The number of hydrogen-bond acceptors (Lipinski definition) is 2. The minimum atomic E-state index is -0.0197. The number of carbonyl (C=O) groups is 1. The summed E-state index contributed by atoms with van der Waals surface area (Å²) < 4.78 is 2.43. The van der Waals surface area contributed by atoms with Crippen molar-refractivity contribution < 1.29 is 9.90 Å². The predicted molar refractivity (Wildman–Crippen MR) is 140 cm³/mol. The van der Waals surface area contributed by atoms with Crippen LogP contribution in [-0.2, 0) is 17.4 Å². The van der Waals surface area contributed by atoms with Gasteiger partial charge in [-0.15, -0.1) is 0 Å². The number of rotatable bonds is 5. The van der Waals surface area contributed by atoms with Gasteiger partial charge in [-0.2, -0.15) is 0 Å². The number of aliphatic hydroxyl groups excluding tert-OH is 1. The quantitative estimate of drug-likeness (QED) is 0.516. The lowest BCUT2D eigenvalue weighted by molar-refractivity contribution is 0.0862. The highest BCUT2D eigenvalue weighted by Gasteiger charge is 2.39. The van der Waals surface area contributed by atoms with Crippen molar-refractivity contribution in [3.05, 3.63) is 46.6 Å². The van der Waals surface area contributed by atoms with Crippen molar-refractivity contribution in [1.82, 2.24) is 9.47 Å². The number of benzene rings is 1. The Morgan fingerprint density at radius 1 is 0.941 bits per heavy atom. The number of carbonyl (C=O) groups excluding carboxylic acids is 1. The molecule has 0 radical (unpaired) electrons. The predicted octanol–water partition coefficient (Wildman–Crippen LogP) is 6.46. The van der Waals surface area contributed by atoms with Gasteiger partial charge in [0.05, 0.1) is 18.2 Å². The Balaban J connectivity index is 1.84. The second-order valence-electron chi connectivity index (χ2n) is 12.7. The zero-order valence-electron chi connectivity index (χ0n) is 22.4. The van der Waals surface area contributed by atoms with Gasteiger partial charge < -0.3 is 14.6 Å². The summed E-state index contributed by atoms with van der Waals surface area (Å²) in [6.07, 6.45) is 6.51. The summed E-state index contributed by atoms with van der Waals surface area (Å²) in [6, 6.07) is 9.14. The van der Waals surface area contributed by atoms with Crippen LogP contribution in [0.3, 0.4) is 0 Å². The molecule has 1 aliphatic carbocycles. The van der Waals surface area contributed by atoms with Crippen molar-refractivity contribution in [1.29, 1.82) is 0 Å². The molecule has 1 aromatic heterocycles. The van der Waals surface area contributed by atoms with E-state index in [-0.39, 0.29) is 29.4 Å². The van der Waals surface area contributed by atoms with Crippen molar-refractivity contribution in [3.63, 3.8) is 0 Å². The highest BCUT2D eigenvalue weighted by atomic mass is 16.3. The van der Waals surface area contributed by atoms with E-state index < -0.39 is 0 Å². The largest absolute Gasteiger partial charge is 0.394 e. The van der Waals surface area contributed by atoms with Gasteiger partial charge in [-0.05, 0) is 71.4 Å². The Bertz CT molecular complexity index is 1010. The van der Waals surface area contributed by atoms with Crippen molar-refractivity contribution in [2.24, 2.45) is 5.92 Å². The maximum Gasteiger partial charge on any atom is 0.256 e. The van der Waals surface area contributed by atoms with Gasteiger partial charge in [-0.25, -0.2) is 0 Å². The Kier molecular flexibility index (Phi) is 6.76. The molecule has 0 bridgehead atoms. The summed E-state index contributed by atoms with van der Waals surface area (Å²) in [5, 5.41) is 9.51. The molecule has 1 aromatic carbocycles. The van der Waals surface area contributed by atoms with Crippen molar-refractivity contribution in [2.75, 3.05) is 13.2 Å². The molecule has 2 fully saturated rings. The van der Waals surface area contributed by atoms with Gasteiger partial charge in [0, 0.05) is 24.5 Å². The van der Waals surface area contributed by atoms with E-state index in [1.807, 2.05) is 0 Å². The summed E-state index contributed by atoms with van der Waals surface area (Å²) >= 11 is 0. The SMILES string of the molecule is Cc1c(C(=O)N2CC2CO)cc(-c2cc(C(C)(C)C)cc(C(C)(C)C)c2)n1CC1CCCCC1. The minimum Gasteiger partial charge on any atom is -0.394 e. The van der Waals surface area contributed by atoms with E-state index in [1.165, 1.54) is 48.8 Å². The smallest absolute Gasteiger partial charge is 0.256 e. The lowest BCUT2D eigenvalue weighted by atomic mass is 9.79. The van der Waals surface area contributed by atoms with Gasteiger partial charge >= 0.3 is 0 Å². The molecular formula is C30H44N2O2. The molecule has 2 heterocycles. The van der Waals surface area contributed by atoms with Crippen LogP contribution in [0.25, 0.3) is 11.3 Å². The molecule has 2 aliphatic rings. The maximum absolute atomic E-state index is 13.3. The van der Waals surface area contributed by atoms with Gasteiger partial charge in [0.25, 0.3) is 5.91 Å². The van der Waals surface area contributed by atoms with E-state index in [2.05, 4.69) is 77.3 Å². The van der Waals surface area contributed by atoms with Gasteiger partial charge in [0.1, 0.15) is 0 Å². The highest BCUT2D eigenvalue weighted by Crippen LogP contribution is 2.37. The van der Waals surface area contributed by atoms with Gasteiger partial charge in [0.2, 0.25) is 0 Å². The average Bonchev–Trinajstić information content (AvgIpc) is 3.50. The van der Waals surface area contributed by atoms with Crippen LogP contribution in [0, 0.1) is 12.8 Å². The zero-order valence-corrected chi connectivity index (χ0v) is 22.4. The Morgan fingerprint density at radius 3 is 2.03 bits per heavy atom. The van der Waals surface area contributed by atoms with Crippen molar-refractivity contribution in [3.8, 4) is 11.3 Å². The van der Waals surface area contributed by atoms with Crippen LogP contribution in [0.5, 0.6) is 0 Å². The minimum absolute atomic E-state index is 0.0197. The number of amides is 1. The summed E-state index contributed by atoms with van der Waals surface area (Å²) in [5.74, 6) is 0.726. The van der Waals surface area contributed by atoms with Gasteiger partial charge in [-0.1, -0.05) is 66.9 Å². The second kappa shape index (κ2) is 9.18. The summed E-state index contributed by atoms with van der Waals surface area (Å²) in [6.45, 7) is 17.4. The molecule has 34 heavy (non-hydrogen) atoms. The van der Waals surface area contributed by atoms with E-state index in [4.69, 9.17) is 0 Å². The molecule has 2 aromatic rings. The summed E-state index contributed by atoms with van der Waals surface area (Å²) in [4.78, 5) is 15.1. The molecule has 186 valence electrons. The topological polar surface area (TPSA) is 45.2 Å². The molecule has 1 atom stereocenters. The lowest BCUT2D eigenvalue weighted by Crippen LogP contribution is -2.19. The standard InChI is InChI=1S/C30H44N2O2/c1-20-26(28(34)32-18-25(32)19-33)16-27(31(20)17-21-11-9-8-10-12-21)22-13-23(29(2,3)4)15-24(14-22)30(5,6)7/h13-16,21,25,33H,8-12,17-19H2,1-7H3. The molecule has 1 unspecified atom stereocenters. The molecule has 1 N–H and O–H groups in total. The molecule has 1 saturated heterocycles. The van der Waals surface area contributed by atoms with Crippen LogP contribution in [0.2, 0.25) is 0 Å². The van der Waals surface area contributed by atoms with Crippen LogP contribution < -0.4 is 0 Å². The number of aliphatic hydroxyl groups is 1. The number of hydrogen-bond donors (Lipinski definition) is 1. The van der Waals surface area contributed by atoms with Crippen LogP contribution in [-0.4, -0.2) is 39.7 Å². The Hall–Kier alpha value is -2.07. The van der Waals surface area contributed by atoms with E-state index in [0.29, 0.717) is 12.5 Å². The highest BCUT2D eigenvalue weighted by molar-refractivity contribution is 5.98. The van der Waals surface area contributed by atoms with Gasteiger partial charge in [0.15, 0.2) is 0 Å². The van der Waals surface area contributed by atoms with E-state index >= 15 is 0 Å². The number of nitrogens with zero attached hydrogens (tertiary/aromatic N) is 2. The first kappa shape index (κ1) is 25.0. The van der Waals surface area contributed by atoms with Crippen LogP contribution in [0.15, 0.2) is 24.3 Å². The van der Waals surface area contributed by atoms with Crippen LogP contribution in [0.1, 0.15) is 101 Å². The maximum atomic E-state index is 13.3. The van der Waals surface area contributed by atoms with Crippen LogP contribution >= 0.6 is 0 Å². The van der Waals surface area contributed by atoms with Crippen molar-refractivity contribution in [2.45, 2.75) is 104 Å². The molecular weight excluding hydrogens is 420 g/mol. The first-order valence-corrected chi connectivity index (χ1v) is 13.2. The molecule has 4 rings (SSSR count). The third-order valence-electron chi connectivity index (χ3n) is 7.91. The molecule has 4 heteroatoms. The molecule has 1 aliphatic heterocycles. The third kappa shape index (κ3) is 5.12. The van der Waals surface area contributed by atoms with E-state index in [1.54, 1.807) is 4.90 Å². The third-order valence-corrected chi connectivity index (χ3v) is 7.91. The second-order valence-corrected chi connectivity index (χ2v) is 12.7. The molecule has 1 saturated carbocycles. The Labute approximate surface area is 206 Å².